The summed E-state index contributed by atoms with van der Waals surface area (Å²) in [6.45, 7) is 0. The molecule has 0 saturated carbocycles. The van der Waals surface area contributed by atoms with Crippen LogP contribution in [0.15, 0.2) is 0 Å². The molecule has 4 nitrogen and oxygen atoms in total. The normalized spacial score (nSPS) is 8.50. The maximum atomic E-state index is 9.64. The Morgan fingerprint density at radius 3 is 1.38 bits per heavy atom. The second kappa shape index (κ2) is 8.52. The van der Waals surface area contributed by atoms with Gasteiger partial charge in [0.1, 0.15) is 0 Å². The molecule has 0 atom stereocenters. The van der Waals surface area contributed by atoms with Crippen molar-refractivity contribution in [3.8, 4) is 0 Å². The van der Waals surface area contributed by atoms with Crippen LogP contribution >= 0.6 is 7.82 Å². The van der Waals surface area contributed by atoms with Crippen molar-refractivity contribution in [3.05, 3.63) is 0 Å². The monoisotopic (exact) mass is 190 g/mol. The molecule has 0 aliphatic heterocycles. The van der Waals surface area contributed by atoms with E-state index in [4.69, 9.17) is 19.2 Å². The first-order valence-corrected chi connectivity index (χ1v) is 3.48. The smallest absolute Gasteiger partial charge is 1.00 e. The molecule has 0 spiro atoms. The Balaban J connectivity index is -0.0000000154. The van der Waals surface area contributed by atoms with Crippen molar-refractivity contribution in [3.63, 3.8) is 0 Å². The molecule has 0 aromatic heterocycles. The Labute approximate surface area is 81.9 Å². The fraction of sp³-hybridized carbons (Fsp3) is 0. The van der Waals surface area contributed by atoms with Crippen molar-refractivity contribution in [1.82, 2.24) is 0 Å². The Bertz CT molecular complexity index is 69.4. The molecule has 0 aliphatic carbocycles. The summed E-state index contributed by atoms with van der Waals surface area (Å²) in [7, 11) is -4.83. The van der Waals surface area contributed by atoms with Crippen LogP contribution in [0.1, 0.15) is 2.85 Å². The fourth-order valence-electron chi connectivity index (χ4n) is 0. The van der Waals surface area contributed by atoms with E-state index in [9.17, 15) is 4.11 Å². The SMILES string of the molecule is F[SiH3].O=P(O)(O)O.[Ca+2].[H-].[H-]. The number of phosphoric acid groups is 1. The van der Waals surface area contributed by atoms with Gasteiger partial charge in [0.15, 0.2) is 0 Å². The van der Waals surface area contributed by atoms with E-state index in [-0.39, 0.29) is 51.2 Å². The molecular weight excluding hydrogens is 182 g/mol. The van der Waals surface area contributed by atoms with Crippen molar-refractivity contribution in [2.45, 2.75) is 0 Å². The molecule has 8 heteroatoms. The van der Waals surface area contributed by atoms with Crippen LogP contribution in [0.5, 0.6) is 0 Å². The Morgan fingerprint density at radius 1 is 1.38 bits per heavy atom. The zero-order valence-corrected chi connectivity index (χ0v) is 9.38. The van der Waals surface area contributed by atoms with Crippen LogP contribution in [0.3, 0.4) is 0 Å². The standard InChI is InChI=1S/Ca.FH3Si.H3O4P.2H/c;1-2;1-5(2,3)4;;/h;2H3;(H3,1,2,3,4);;/q+2;;;2*-1. The molecule has 8 heavy (non-hydrogen) atoms. The van der Waals surface area contributed by atoms with E-state index in [1.807, 2.05) is 0 Å². The van der Waals surface area contributed by atoms with Gasteiger partial charge in [-0.2, -0.15) is 0 Å². The van der Waals surface area contributed by atoms with Crippen LogP contribution in [-0.4, -0.2) is 63.0 Å². The summed E-state index contributed by atoms with van der Waals surface area (Å²) >= 11 is 0. The summed E-state index contributed by atoms with van der Waals surface area (Å²) in [5.41, 5.74) is 0. The molecule has 0 aromatic carbocycles. The van der Waals surface area contributed by atoms with Crippen LogP contribution in [0.2, 0.25) is 0 Å². The van der Waals surface area contributed by atoms with Crippen molar-refractivity contribution in [1.29, 1.82) is 0 Å². The molecule has 0 aliphatic rings. The molecule has 0 fully saturated rings. The summed E-state index contributed by atoms with van der Waals surface area (Å²) in [5.74, 6) is 0. The molecule has 0 radical (unpaired) electrons. The van der Waals surface area contributed by atoms with Crippen molar-refractivity contribution in [2.24, 2.45) is 0 Å². The van der Waals surface area contributed by atoms with E-state index >= 15 is 0 Å². The molecule has 3 N–H and O–H groups in total. The summed E-state index contributed by atoms with van der Waals surface area (Å²) in [6, 6.07) is 0. The third-order valence-corrected chi connectivity index (χ3v) is 0. The van der Waals surface area contributed by atoms with Crippen LogP contribution in [0.25, 0.3) is 0 Å². The predicted octanol–water partition coefficient (Wildman–Crippen LogP) is -1.85. The van der Waals surface area contributed by atoms with Crippen LogP contribution in [0.4, 0.5) is 4.11 Å². The van der Waals surface area contributed by atoms with Gasteiger partial charge in [0.05, 0.1) is 0 Å². The minimum Gasteiger partial charge on any atom is -1.00 e. The zero-order valence-electron chi connectivity index (χ0n) is 6.28. The first kappa shape index (κ1) is 16.3. The summed E-state index contributed by atoms with van der Waals surface area (Å²) in [4.78, 5) is 21.6. The minimum absolute atomic E-state index is 0. The summed E-state index contributed by atoms with van der Waals surface area (Å²) in [6.07, 6.45) is 0. The van der Waals surface area contributed by atoms with Gasteiger partial charge in [0, 0.05) is 0 Å². The number of hydrogen-bond acceptors (Lipinski definition) is 1. The van der Waals surface area contributed by atoms with Crippen molar-refractivity contribution < 1.29 is 26.2 Å². The van der Waals surface area contributed by atoms with E-state index in [1.54, 1.807) is 0 Å². The number of halogens is 1. The molecule has 0 bridgehead atoms. The minimum atomic E-state index is -4.64. The van der Waals surface area contributed by atoms with E-state index in [0.717, 1.165) is 0 Å². The quantitative estimate of drug-likeness (QED) is 0.238. The second-order valence-corrected chi connectivity index (χ2v) is 1.54. The van der Waals surface area contributed by atoms with Gasteiger partial charge in [-0.3, -0.25) is 0 Å². The van der Waals surface area contributed by atoms with Gasteiger partial charge in [0.2, 0.25) is 10.6 Å². The average Bonchev–Trinajstić information content (AvgIpc) is 1.36. The summed E-state index contributed by atoms with van der Waals surface area (Å²) in [5, 5.41) is 0. The molecule has 0 aromatic rings. The number of rotatable bonds is 0. The van der Waals surface area contributed by atoms with E-state index in [1.165, 1.54) is 0 Å². The third-order valence-electron chi connectivity index (χ3n) is 0. The van der Waals surface area contributed by atoms with E-state index in [2.05, 4.69) is 0 Å². The maximum Gasteiger partial charge on any atom is 2.00 e. The third kappa shape index (κ3) is 139. The first-order chi connectivity index (χ1) is 3.00. The van der Waals surface area contributed by atoms with Crippen LogP contribution in [0, 0.1) is 0 Å². The Kier molecular flexibility index (Phi) is 17.3. The van der Waals surface area contributed by atoms with Crippen molar-refractivity contribution in [2.75, 3.05) is 0 Å². The van der Waals surface area contributed by atoms with Gasteiger partial charge in [-0.05, 0) is 0 Å². The Morgan fingerprint density at radius 2 is 1.38 bits per heavy atom. The van der Waals surface area contributed by atoms with E-state index < -0.39 is 7.82 Å². The predicted molar refractivity (Wildman–Crippen MR) is 33.3 cm³/mol. The molecule has 0 saturated heterocycles. The van der Waals surface area contributed by atoms with Gasteiger partial charge < -0.3 is 21.6 Å². The van der Waals surface area contributed by atoms with Crippen LogP contribution in [-0.2, 0) is 4.57 Å². The van der Waals surface area contributed by atoms with Crippen LogP contribution < -0.4 is 0 Å². The fourth-order valence-corrected chi connectivity index (χ4v) is 0. The van der Waals surface area contributed by atoms with Gasteiger partial charge in [-0.15, -0.1) is 0 Å². The topological polar surface area (TPSA) is 77.8 Å². The Hall–Kier alpha value is 1.52. The molecular formula is H8CaFO4PSi. The first-order valence-electron chi connectivity index (χ1n) is 1.16. The second-order valence-electron chi connectivity index (χ2n) is 0.513. The van der Waals surface area contributed by atoms with E-state index in [0.29, 0.717) is 0 Å². The zero-order chi connectivity index (χ0) is 6.50. The molecule has 50 valence electrons. The molecule has 0 amide bonds. The average molecular weight is 190 g/mol. The van der Waals surface area contributed by atoms with Gasteiger partial charge in [-0.1, -0.05) is 0 Å². The largest absolute Gasteiger partial charge is 2.00 e. The summed E-state index contributed by atoms with van der Waals surface area (Å²) < 4.78 is 18.5. The molecule has 0 heterocycles. The van der Waals surface area contributed by atoms with Gasteiger partial charge >= 0.3 is 45.6 Å². The van der Waals surface area contributed by atoms with Gasteiger partial charge in [-0.25, -0.2) is 4.57 Å². The molecule has 0 rings (SSSR count). The number of hydrogen-bond donors (Lipinski definition) is 3. The van der Waals surface area contributed by atoms with Crippen molar-refractivity contribution >= 4 is 56.1 Å². The molecule has 0 unspecified atom stereocenters. The van der Waals surface area contributed by atoms with Gasteiger partial charge in [0.25, 0.3) is 0 Å². The maximum absolute atomic E-state index is 9.64.